The molecule has 0 bridgehead atoms. The van der Waals surface area contributed by atoms with E-state index in [1.807, 2.05) is 24.3 Å². The van der Waals surface area contributed by atoms with Gasteiger partial charge in [0.15, 0.2) is 0 Å². The maximum absolute atomic E-state index is 4.03. The van der Waals surface area contributed by atoms with E-state index in [0.29, 0.717) is 12.0 Å². The SMILES string of the molecule is C=C/C=C(\C=C)CSNC(c1ccccc1C=C)C1CCCCCCC1. The molecule has 2 heteroatoms. The molecule has 0 saturated heterocycles. The van der Waals surface area contributed by atoms with Gasteiger partial charge >= 0.3 is 0 Å². The highest BCUT2D eigenvalue weighted by atomic mass is 32.2. The van der Waals surface area contributed by atoms with E-state index >= 15 is 0 Å². The first-order chi connectivity index (χ1) is 12.8. The van der Waals surface area contributed by atoms with Crippen molar-refractivity contribution in [3.63, 3.8) is 0 Å². The summed E-state index contributed by atoms with van der Waals surface area (Å²) < 4.78 is 3.80. The van der Waals surface area contributed by atoms with Gasteiger partial charge in [-0.05, 0) is 35.5 Å². The standard InChI is InChI=1S/C24H33NS/c1-4-14-20(5-2)19-26-25-24(22-16-10-8-7-9-11-17-22)23-18-13-12-15-21(23)6-3/h4-6,12-15,18,22,24-25H,1-3,7-11,16-17,19H2/b20-14+. The van der Waals surface area contributed by atoms with Crippen LogP contribution in [0.2, 0.25) is 0 Å². The van der Waals surface area contributed by atoms with E-state index in [2.05, 4.69) is 48.7 Å². The first kappa shape index (κ1) is 20.8. The molecule has 1 N–H and O–H groups in total. The van der Waals surface area contributed by atoms with E-state index in [1.54, 1.807) is 11.9 Å². The van der Waals surface area contributed by atoms with Crippen LogP contribution in [-0.2, 0) is 0 Å². The van der Waals surface area contributed by atoms with Crippen LogP contribution in [0.3, 0.4) is 0 Å². The van der Waals surface area contributed by atoms with E-state index in [4.69, 9.17) is 0 Å². The van der Waals surface area contributed by atoms with Crippen LogP contribution >= 0.6 is 11.9 Å². The molecule has 1 atom stereocenters. The molecule has 0 heterocycles. The zero-order valence-electron chi connectivity index (χ0n) is 16.0. The van der Waals surface area contributed by atoms with E-state index in [0.717, 1.165) is 5.75 Å². The van der Waals surface area contributed by atoms with Crippen LogP contribution in [-0.4, -0.2) is 5.75 Å². The van der Waals surface area contributed by atoms with Crippen LogP contribution < -0.4 is 4.72 Å². The number of nitrogens with one attached hydrogen (secondary N) is 1. The van der Waals surface area contributed by atoms with Gasteiger partial charge in [0.2, 0.25) is 0 Å². The molecule has 1 aliphatic carbocycles. The summed E-state index contributed by atoms with van der Waals surface area (Å²) in [6, 6.07) is 9.06. The molecule has 0 amide bonds. The van der Waals surface area contributed by atoms with E-state index < -0.39 is 0 Å². The van der Waals surface area contributed by atoms with Crippen molar-refractivity contribution in [2.45, 2.75) is 51.0 Å². The molecule has 1 aliphatic rings. The average Bonchev–Trinajstić information content (AvgIpc) is 2.65. The van der Waals surface area contributed by atoms with Gasteiger partial charge in [-0.2, -0.15) is 0 Å². The number of hydrogen-bond acceptors (Lipinski definition) is 2. The molecule has 0 spiro atoms. The molecule has 140 valence electrons. The molecular weight excluding hydrogens is 334 g/mol. The lowest BCUT2D eigenvalue weighted by Crippen LogP contribution is -2.25. The van der Waals surface area contributed by atoms with Crippen LogP contribution in [0.25, 0.3) is 6.08 Å². The molecule has 1 aromatic rings. The number of benzene rings is 1. The van der Waals surface area contributed by atoms with Gasteiger partial charge in [0.05, 0.1) is 0 Å². The largest absolute Gasteiger partial charge is 0.256 e. The van der Waals surface area contributed by atoms with Crippen molar-refractivity contribution in [3.05, 3.63) is 78.9 Å². The van der Waals surface area contributed by atoms with Gasteiger partial charge in [-0.25, -0.2) is 0 Å². The van der Waals surface area contributed by atoms with E-state index in [9.17, 15) is 0 Å². The second-order valence-electron chi connectivity index (χ2n) is 7.00. The van der Waals surface area contributed by atoms with Crippen molar-refractivity contribution in [1.82, 2.24) is 4.72 Å². The highest BCUT2D eigenvalue weighted by Gasteiger charge is 2.25. The topological polar surface area (TPSA) is 12.0 Å². The van der Waals surface area contributed by atoms with Gasteiger partial charge in [-0.3, -0.25) is 4.72 Å². The van der Waals surface area contributed by atoms with Crippen LogP contribution in [0.4, 0.5) is 0 Å². The first-order valence-corrected chi connectivity index (χ1v) is 10.8. The molecule has 0 radical (unpaired) electrons. The minimum atomic E-state index is 0.363. The predicted octanol–water partition coefficient (Wildman–Crippen LogP) is 7.27. The molecular formula is C24H33NS. The summed E-state index contributed by atoms with van der Waals surface area (Å²) in [5, 5.41) is 0. The minimum Gasteiger partial charge on any atom is -0.256 e. The maximum Gasteiger partial charge on any atom is 0.0455 e. The lowest BCUT2D eigenvalue weighted by Gasteiger charge is -2.31. The third-order valence-corrected chi connectivity index (χ3v) is 6.11. The van der Waals surface area contributed by atoms with E-state index in [-0.39, 0.29) is 0 Å². The summed E-state index contributed by atoms with van der Waals surface area (Å²) >= 11 is 1.78. The Morgan fingerprint density at radius 2 is 1.77 bits per heavy atom. The van der Waals surface area contributed by atoms with Crippen molar-refractivity contribution < 1.29 is 0 Å². The first-order valence-electron chi connectivity index (χ1n) is 9.82. The highest BCUT2D eigenvalue weighted by molar-refractivity contribution is 7.97. The van der Waals surface area contributed by atoms with Crippen molar-refractivity contribution in [2.24, 2.45) is 5.92 Å². The van der Waals surface area contributed by atoms with Gasteiger partial charge < -0.3 is 0 Å². The quantitative estimate of drug-likeness (QED) is 0.364. The number of hydrogen-bond donors (Lipinski definition) is 1. The number of allylic oxidation sites excluding steroid dienone is 3. The Morgan fingerprint density at radius 1 is 1.08 bits per heavy atom. The third kappa shape index (κ3) is 6.34. The van der Waals surface area contributed by atoms with Gasteiger partial charge in [0.25, 0.3) is 0 Å². The average molecular weight is 368 g/mol. The fourth-order valence-corrected chi connectivity index (χ4v) is 4.72. The van der Waals surface area contributed by atoms with Crippen molar-refractivity contribution in [3.8, 4) is 0 Å². The molecule has 1 aromatic carbocycles. The van der Waals surface area contributed by atoms with Gasteiger partial charge in [-0.1, -0.05) is 112 Å². The van der Waals surface area contributed by atoms with Gasteiger partial charge in [-0.15, -0.1) is 0 Å². The normalized spacial score (nSPS) is 17.8. The Kier molecular flexibility index (Phi) is 9.58. The summed E-state index contributed by atoms with van der Waals surface area (Å²) in [5.74, 6) is 1.58. The molecule has 2 rings (SSSR count). The van der Waals surface area contributed by atoms with Crippen LogP contribution in [0.5, 0.6) is 0 Å². The third-order valence-electron chi connectivity index (χ3n) is 5.22. The Hall–Kier alpha value is -1.51. The Balaban J connectivity index is 2.17. The molecule has 1 saturated carbocycles. The summed E-state index contributed by atoms with van der Waals surface area (Å²) in [6.45, 7) is 11.7. The second-order valence-corrected chi connectivity index (χ2v) is 7.82. The summed E-state index contributed by atoms with van der Waals surface area (Å²) in [4.78, 5) is 0. The molecule has 0 aromatic heterocycles. The highest BCUT2D eigenvalue weighted by Crippen LogP contribution is 2.36. The molecule has 0 aliphatic heterocycles. The minimum absolute atomic E-state index is 0.363. The fourth-order valence-electron chi connectivity index (χ4n) is 3.76. The summed E-state index contributed by atoms with van der Waals surface area (Å²) in [7, 11) is 0. The van der Waals surface area contributed by atoms with Crippen LogP contribution in [0.15, 0.2) is 67.8 Å². The lowest BCUT2D eigenvalue weighted by atomic mass is 9.82. The Morgan fingerprint density at radius 3 is 2.42 bits per heavy atom. The molecule has 26 heavy (non-hydrogen) atoms. The van der Waals surface area contributed by atoms with Gasteiger partial charge in [0, 0.05) is 11.8 Å². The fraction of sp³-hybridized carbons (Fsp3) is 0.417. The lowest BCUT2D eigenvalue weighted by molar-refractivity contribution is 0.316. The Labute approximate surface area is 164 Å². The second kappa shape index (κ2) is 12.0. The van der Waals surface area contributed by atoms with E-state index in [1.165, 1.54) is 61.6 Å². The van der Waals surface area contributed by atoms with Gasteiger partial charge in [0.1, 0.15) is 0 Å². The molecule has 1 unspecified atom stereocenters. The summed E-state index contributed by atoms with van der Waals surface area (Å²) in [5.41, 5.74) is 3.83. The molecule has 1 nitrogen and oxygen atoms in total. The van der Waals surface area contributed by atoms with Crippen molar-refractivity contribution >= 4 is 18.0 Å². The van der Waals surface area contributed by atoms with Crippen LogP contribution in [0.1, 0.15) is 62.1 Å². The zero-order chi connectivity index (χ0) is 18.6. The Bertz CT molecular complexity index is 608. The monoisotopic (exact) mass is 367 g/mol. The smallest absolute Gasteiger partial charge is 0.0455 e. The summed E-state index contributed by atoms with van der Waals surface area (Å²) in [6.07, 6.45) is 17.2. The van der Waals surface area contributed by atoms with Crippen molar-refractivity contribution in [1.29, 1.82) is 0 Å². The maximum atomic E-state index is 4.03. The predicted molar refractivity (Wildman–Crippen MR) is 119 cm³/mol. The zero-order valence-corrected chi connectivity index (χ0v) is 16.8. The van der Waals surface area contributed by atoms with Crippen molar-refractivity contribution in [2.75, 3.05) is 5.75 Å². The molecule has 1 fully saturated rings. The number of rotatable bonds is 9. The van der Waals surface area contributed by atoms with Crippen LogP contribution in [0, 0.1) is 5.92 Å².